The van der Waals surface area contributed by atoms with E-state index in [1.54, 1.807) is 17.7 Å². The molecule has 4 nitrogen and oxygen atoms in total. The van der Waals surface area contributed by atoms with Crippen LogP contribution in [0.5, 0.6) is 0 Å². The molecule has 0 bridgehead atoms. The van der Waals surface area contributed by atoms with Crippen molar-refractivity contribution in [1.29, 1.82) is 0 Å². The van der Waals surface area contributed by atoms with E-state index >= 15 is 0 Å². The first-order chi connectivity index (χ1) is 9.81. The molecular formula is C14H18N4S2. The van der Waals surface area contributed by atoms with Crippen LogP contribution in [0.1, 0.15) is 30.1 Å². The summed E-state index contributed by atoms with van der Waals surface area (Å²) in [5.74, 6) is 1.06. The Morgan fingerprint density at radius 3 is 3.05 bits per heavy atom. The maximum Gasteiger partial charge on any atom is 0.138 e. The summed E-state index contributed by atoms with van der Waals surface area (Å²) in [6.45, 7) is 3.10. The average molecular weight is 306 g/mol. The van der Waals surface area contributed by atoms with Crippen molar-refractivity contribution in [2.24, 2.45) is 0 Å². The predicted octanol–water partition coefficient (Wildman–Crippen LogP) is 3.47. The van der Waals surface area contributed by atoms with Crippen molar-refractivity contribution >= 4 is 32.1 Å². The molecule has 1 atom stereocenters. The molecule has 3 aromatic rings. The van der Waals surface area contributed by atoms with Crippen molar-refractivity contribution < 1.29 is 0 Å². The molecule has 106 valence electrons. The second kappa shape index (κ2) is 6.03. The minimum atomic E-state index is 0.305. The predicted molar refractivity (Wildman–Crippen MR) is 85.5 cm³/mol. The summed E-state index contributed by atoms with van der Waals surface area (Å²) in [5.41, 5.74) is 0. The van der Waals surface area contributed by atoms with Crippen LogP contribution in [-0.2, 0) is 13.0 Å². The number of nitrogens with one attached hydrogen (secondary N) is 1. The number of aryl methyl sites for hydroxylation is 1. The molecule has 0 spiro atoms. The summed E-state index contributed by atoms with van der Waals surface area (Å²) < 4.78 is 4.76. The molecule has 3 rings (SSSR count). The molecule has 0 aliphatic carbocycles. The summed E-state index contributed by atoms with van der Waals surface area (Å²) in [6, 6.07) is 4.80. The molecule has 6 heteroatoms. The Morgan fingerprint density at radius 2 is 2.30 bits per heavy atom. The standard InChI is InChI=1S/C14H18N4S2/c1-3-5-18-14(16-9-17-18)7-10(15-2)12-8-13-11(20-12)4-6-19-13/h4,6,8-10,15H,3,5,7H2,1-2H3. The van der Waals surface area contributed by atoms with Crippen LogP contribution in [-0.4, -0.2) is 21.8 Å². The fourth-order valence-electron chi connectivity index (χ4n) is 2.33. The Bertz CT molecular complexity index is 654. The highest BCUT2D eigenvalue weighted by molar-refractivity contribution is 7.26. The normalized spacial score (nSPS) is 13.1. The molecule has 1 unspecified atom stereocenters. The summed E-state index contributed by atoms with van der Waals surface area (Å²) in [5, 5.41) is 9.86. The molecule has 0 saturated heterocycles. The molecule has 0 aliphatic rings. The van der Waals surface area contributed by atoms with Crippen LogP contribution < -0.4 is 5.32 Å². The zero-order chi connectivity index (χ0) is 13.9. The van der Waals surface area contributed by atoms with Crippen molar-refractivity contribution in [2.45, 2.75) is 32.4 Å². The zero-order valence-corrected chi connectivity index (χ0v) is 13.3. The number of thiophene rings is 2. The highest BCUT2D eigenvalue weighted by Crippen LogP contribution is 2.34. The van der Waals surface area contributed by atoms with Gasteiger partial charge >= 0.3 is 0 Å². The lowest BCUT2D eigenvalue weighted by Crippen LogP contribution is -2.20. The molecule has 0 fully saturated rings. The van der Waals surface area contributed by atoms with E-state index in [2.05, 4.69) is 39.8 Å². The van der Waals surface area contributed by atoms with Crippen molar-refractivity contribution in [3.05, 3.63) is 34.5 Å². The molecule has 0 amide bonds. The molecule has 0 radical (unpaired) electrons. The summed E-state index contributed by atoms with van der Waals surface area (Å²) in [6.07, 6.45) is 3.62. The van der Waals surface area contributed by atoms with Crippen LogP contribution in [0.15, 0.2) is 23.8 Å². The van der Waals surface area contributed by atoms with E-state index in [4.69, 9.17) is 0 Å². The maximum absolute atomic E-state index is 4.41. The van der Waals surface area contributed by atoms with Gasteiger partial charge in [-0.2, -0.15) is 5.10 Å². The number of aromatic nitrogens is 3. The van der Waals surface area contributed by atoms with Gasteiger partial charge in [-0.05, 0) is 31.0 Å². The van der Waals surface area contributed by atoms with E-state index in [1.165, 1.54) is 14.3 Å². The molecule has 3 heterocycles. The van der Waals surface area contributed by atoms with Crippen molar-refractivity contribution in [2.75, 3.05) is 7.05 Å². The monoisotopic (exact) mass is 306 g/mol. The lowest BCUT2D eigenvalue weighted by molar-refractivity contribution is 0.521. The third-order valence-electron chi connectivity index (χ3n) is 3.37. The number of fused-ring (bicyclic) bond motifs is 1. The second-order valence-corrected chi connectivity index (χ2v) is 6.81. The number of hydrogen-bond donors (Lipinski definition) is 1. The van der Waals surface area contributed by atoms with Gasteiger partial charge in [0.15, 0.2) is 0 Å². The maximum atomic E-state index is 4.41. The summed E-state index contributed by atoms with van der Waals surface area (Å²) >= 11 is 3.67. The van der Waals surface area contributed by atoms with E-state index in [9.17, 15) is 0 Å². The SMILES string of the molecule is CCCn1ncnc1CC(NC)c1cc2sccc2s1. The van der Waals surface area contributed by atoms with Crippen LogP contribution in [0, 0.1) is 0 Å². The smallest absolute Gasteiger partial charge is 0.138 e. The van der Waals surface area contributed by atoms with Gasteiger partial charge in [0.1, 0.15) is 12.2 Å². The fraction of sp³-hybridized carbons (Fsp3) is 0.429. The van der Waals surface area contributed by atoms with Gasteiger partial charge in [-0.1, -0.05) is 6.92 Å². The summed E-state index contributed by atoms with van der Waals surface area (Å²) in [4.78, 5) is 5.78. The van der Waals surface area contributed by atoms with Crippen molar-refractivity contribution in [1.82, 2.24) is 20.1 Å². The number of likely N-dealkylation sites (N-methyl/N-ethyl adjacent to an activating group) is 1. The zero-order valence-electron chi connectivity index (χ0n) is 11.7. The first-order valence-electron chi connectivity index (χ1n) is 6.82. The second-order valence-electron chi connectivity index (χ2n) is 4.74. The van der Waals surface area contributed by atoms with Gasteiger partial charge in [-0.3, -0.25) is 4.68 Å². The van der Waals surface area contributed by atoms with E-state index in [0.29, 0.717) is 6.04 Å². The van der Waals surface area contributed by atoms with E-state index in [1.807, 2.05) is 23.1 Å². The number of rotatable bonds is 6. The van der Waals surface area contributed by atoms with E-state index in [-0.39, 0.29) is 0 Å². The topological polar surface area (TPSA) is 42.7 Å². The third kappa shape index (κ3) is 2.63. The van der Waals surface area contributed by atoms with Crippen LogP contribution in [0.2, 0.25) is 0 Å². The minimum absolute atomic E-state index is 0.305. The highest BCUT2D eigenvalue weighted by Gasteiger charge is 2.17. The molecule has 0 aliphatic heterocycles. The average Bonchev–Trinajstić information content (AvgIpc) is 3.11. The van der Waals surface area contributed by atoms with Crippen LogP contribution in [0.3, 0.4) is 0 Å². The number of nitrogens with zero attached hydrogens (tertiary/aromatic N) is 3. The third-order valence-corrected chi connectivity index (χ3v) is 5.58. The molecular weight excluding hydrogens is 288 g/mol. The fourth-order valence-corrected chi connectivity index (χ4v) is 4.56. The molecule has 1 N–H and O–H groups in total. The van der Waals surface area contributed by atoms with Gasteiger partial charge in [0.2, 0.25) is 0 Å². The Hall–Kier alpha value is -1.24. The highest BCUT2D eigenvalue weighted by atomic mass is 32.1. The van der Waals surface area contributed by atoms with Gasteiger partial charge in [0.25, 0.3) is 0 Å². The largest absolute Gasteiger partial charge is 0.312 e. The Balaban J connectivity index is 1.82. The molecule has 0 saturated carbocycles. The van der Waals surface area contributed by atoms with Gasteiger partial charge in [0.05, 0.1) is 0 Å². The first kappa shape index (κ1) is 13.7. The lowest BCUT2D eigenvalue weighted by Gasteiger charge is -2.14. The van der Waals surface area contributed by atoms with Gasteiger partial charge < -0.3 is 5.32 Å². The van der Waals surface area contributed by atoms with Crippen LogP contribution in [0.4, 0.5) is 0 Å². The van der Waals surface area contributed by atoms with Crippen molar-refractivity contribution in [3.8, 4) is 0 Å². The molecule has 20 heavy (non-hydrogen) atoms. The van der Waals surface area contributed by atoms with Gasteiger partial charge in [0, 0.05) is 33.3 Å². The van der Waals surface area contributed by atoms with E-state index < -0.39 is 0 Å². The first-order valence-corrected chi connectivity index (χ1v) is 8.52. The Labute approximate surface area is 126 Å². The lowest BCUT2D eigenvalue weighted by atomic mass is 10.1. The van der Waals surface area contributed by atoms with Crippen LogP contribution in [0.25, 0.3) is 9.40 Å². The Kier molecular flexibility index (Phi) is 4.14. The Morgan fingerprint density at radius 1 is 1.40 bits per heavy atom. The quantitative estimate of drug-likeness (QED) is 0.758. The van der Waals surface area contributed by atoms with Gasteiger partial charge in [-0.25, -0.2) is 4.98 Å². The van der Waals surface area contributed by atoms with Crippen LogP contribution >= 0.6 is 22.7 Å². The van der Waals surface area contributed by atoms with Gasteiger partial charge in [-0.15, -0.1) is 22.7 Å². The van der Waals surface area contributed by atoms with E-state index in [0.717, 1.165) is 25.2 Å². The minimum Gasteiger partial charge on any atom is -0.312 e. The number of hydrogen-bond acceptors (Lipinski definition) is 5. The molecule has 3 aromatic heterocycles. The van der Waals surface area contributed by atoms with Crippen molar-refractivity contribution in [3.63, 3.8) is 0 Å². The summed E-state index contributed by atoms with van der Waals surface area (Å²) in [7, 11) is 2.01. The molecule has 0 aromatic carbocycles.